The van der Waals surface area contributed by atoms with E-state index in [-0.39, 0.29) is 34.8 Å². The van der Waals surface area contributed by atoms with E-state index in [9.17, 15) is 14.4 Å². The van der Waals surface area contributed by atoms with Crippen molar-refractivity contribution >= 4 is 35.1 Å². The van der Waals surface area contributed by atoms with Crippen molar-refractivity contribution in [2.24, 2.45) is 0 Å². The first-order valence-electron chi connectivity index (χ1n) is 9.33. The maximum Gasteiger partial charge on any atom is 0.305 e. The fraction of sp³-hybridized carbons (Fsp3) is 0.227. The molecule has 0 saturated carbocycles. The van der Waals surface area contributed by atoms with Gasteiger partial charge in [-0.2, -0.15) is 0 Å². The SMILES string of the molecule is C=C(C(C)=C=O)N(CCC(=O)O)C(=O)c1cc(Cl)cc(OCCNc2ccncc2)c1. The largest absolute Gasteiger partial charge is 0.492 e. The molecule has 1 aromatic heterocycles. The standard InChI is InChI=1S/C22H22ClN3O5/c1-15(14-27)16(2)26(9-5-21(28)29)22(30)17-11-18(23)13-20(12-17)31-10-8-25-19-3-6-24-7-4-19/h3-4,6-7,11-13H,2,5,8-10H2,1H3,(H,24,25)(H,28,29). The van der Waals surface area contributed by atoms with Gasteiger partial charge in [0.05, 0.1) is 17.7 Å². The highest BCUT2D eigenvalue weighted by atomic mass is 35.5. The second kappa shape index (κ2) is 11.5. The molecule has 0 radical (unpaired) electrons. The second-order valence-electron chi connectivity index (χ2n) is 6.46. The number of hydrogen-bond donors (Lipinski definition) is 2. The minimum atomic E-state index is -1.09. The second-order valence-corrected chi connectivity index (χ2v) is 6.90. The van der Waals surface area contributed by atoms with Crippen LogP contribution in [-0.2, 0) is 9.59 Å². The van der Waals surface area contributed by atoms with Crippen molar-refractivity contribution < 1.29 is 24.2 Å². The summed E-state index contributed by atoms with van der Waals surface area (Å²) in [5.41, 5.74) is 1.24. The molecule has 162 valence electrons. The van der Waals surface area contributed by atoms with E-state index >= 15 is 0 Å². The Balaban J connectivity index is 2.12. The Morgan fingerprint density at radius 3 is 2.65 bits per heavy atom. The zero-order valence-corrected chi connectivity index (χ0v) is 17.7. The van der Waals surface area contributed by atoms with Crippen LogP contribution in [0.15, 0.2) is 60.6 Å². The van der Waals surface area contributed by atoms with E-state index in [4.69, 9.17) is 21.4 Å². The number of carboxylic acids is 1. The first-order chi connectivity index (χ1) is 14.8. The Bertz CT molecular complexity index is 1000. The number of benzene rings is 1. The number of ether oxygens (including phenoxy) is 1. The van der Waals surface area contributed by atoms with Crippen molar-refractivity contribution in [3.05, 3.63) is 71.2 Å². The Hall–Kier alpha value is -3.61. The number of allylic oxidation sites excluding steroid dienone is 1. The van der Waals surface area contributed by atoms with Crippen molar-refractivity contribution in [3.63, 3.8) is 0 Å². The van der Waals surface area contributed by atoms with Crippen LogP contribution in [-0.4, -0.2) is 52.5 Å². The van der Waals surface area contributed by atoms with Crippen LogP contribution in [0.1, 0.15) is 23.7 Å². The van der Waals surface area contributed by atoms with Gasteiger partial charge >= 0.3 is 5.97 Å². The topological polar surface area (TPSA) is 109 Å². The number of anilines is 1. The van der Waals surface area contributed by atoms with Gasteiger partial charge in [0.15, 0.2) is 0 Å². The molecule has 8 nitrogen and oxygen atoms in total. The summed E-state index contributed by atoms with van der Waals surface area (Å²) in [7, 11) is 0. The molecule has 9 heteroatoms. The zero-order chi connectivity index (χ0) is 22.8. The van der Waals surface area contributed by atoms with Crippen molar-refractivity contribution in [1.82, 2.24) is 9.88 Å². The summed E-state index contributed by atoms with van der Waals surface area (Å²) in [5, 5.41) is 12.4. The minimum Gasteiger partial charge on any atom is -0.492 e. The average Bonchev–Trinajstić information content (AvgIpc) is 2.76. The van der Waals surface area contributed by atoms with Gasteiger partial charge in [-0.1, -0.05) is 18.2 Å². The molecule has 0 fully saturated rings. The molecule has 0 aliphatic carbocycles. The van der Waals surface area contributed by atoms with Crippen LogP contribution >= 0.6 is 11.6 Å². The van der Waals surface area contributed by atoms with E-state index in [1.165, 1.54) is 19.1 Å². The molecule has 31 heavy (non-hydrogen) atoms. The number of amides is 1. The quantitative estimate of drug-likeness (QED) is 0.311. The number of rotatable bonds is 11. The molecule has 2 aromatic rings. The van der Waals surface area contributed by atoms with Crippen molar-refractivity contribution in [2.75, 3.05) is 25.0 Å². The van der Waals surface area contributed by atoms with E-state index in [1.807, 2.05) is 12.1 Å². The Morgan fingerprint density at radius 1 is 1.29 bits per heavy atom. The molecule has 1 amide bonds. The van der Waals surface area contributed by atoms with Gasteiger partial charge in [-0.15, -0.1) is 0 Å². The van der Waals surface area contributed by atoms with Crippen LogP contribution in [0.5, 0.6) is 5.75 Å². The third-order valence-corrected chi connectivity index (χ3v) is 4.42. The summed E-state index contributed by atoms with van der Waals surface area (Å²) < 4.78 is 5.69. The predicted molar refractivity (Wildman–Crippen MR) is 117 cm³/mol. The smallest absolute Gasteiger partial charge is 0.305 e. The van der Waals surface area contributed by atoms with Gasteiger partial charge in [0.1, 0.15) is 18.3 Å². The number of nitrogens with zero attached hydrogens (tertiary/aromatic N) is 2. The highest BCUT2D eigenvalue weighted by Gasteiger charge is 2.22. The summed E-state index contributed by atoms with van der Waals surface area (Å²) in [4.78, 5) is 40.1. The monoisotopic (exact) mass is 443 g/mol. The summed E-state index contributed by atoms with van der Waals surface area (Å²) >= 11 is 6.15. The van der Waals surface area contributed by atoms with E-state index in [2.05, 4.69) is 16.9 Å². The Morgan fingerprint density at radius 2 is 2.00 bits per heavy atom. The van der Waals surface area contributed by atoms with Gasteiger partial charge in [-0.3, -0.25) is 14.6 Å². The van der Waals surface area contributed by atoms with E-state index in [1.54, 1.807) is 24.4 Å². The number of aliphatic carboxylic acids is 1. The summed E-state index contributed by atoms with van der Waals surface area (Å²) in [6, 6.07) is 8.15. The normalized spacial score (nSPS) is 10.0. The third kappa shape index (κ3) is 7.29. The lowest BCUT2D eigenvalue weighted by molar-refractivity contribution is -0.137. The molecule has 0 unspecified atom stereocenters. The Kier molecular flexibility index (Phi) is 8.81. The van der Waals surface area contributed by atoms with Gasteiger partial charge in [0.25, 0.3) is 5.91 Å². The van der Waals surface area contributed by atoms with Crippen LogP contribution in [0.4, 0.5) is 5.69 Å². The van der Waals surface area contributed by atoms with E-state index in [0.717, 1.165) is 10.6 Å². The summed E-state index contributed by atoms with van der Waals surface area (Å²) in [6.45, 7) is 5.81. The van der Waals surface area contributed by atoms with Crippen LogP contribution in [0.25, 0.3) is 0 Å². The number of halogens is 1. The molecule has 0 atom stereocenters. The fourth-order valence-electron chi connectivity index (χ4n) is 2.59. The molecular formula is C22H22ClN3O5. The number of nitrogens with one attached hydrogen (secondary N) is 1. The summed E-state index contributed by atoms with van der Waals surface area (Å²) in [5.74, 6) is 0.407. The van der Waals surface area contributed by atoms with Gasteiger partial charge in [-0.25, -0.2) is 4.79 Å². The van der Waals surface area contributed by atoms with E-state index in [0.29, 0.717) is 18.9 Å². The molecular weight excluding hydrogens is 422 g/mol. The molecule has 0 spiro atoms. The van der Waals surface area contributed by atoms with Crippen LogP contribution in [0.2, 0.25) is 5.02 Å². The maximum atomic E-state index is 13.0. The van der Waals surface area contributed by atoms with Crippen LogP contribution in [0, 0.1) is 0 Å². The highest BCUT2D eigenvalue weighted by Crippen LogP contribution is 2.24. The van der Waals surface area contributed by atoms with Crippen LogP contribution in [0.3, 0.4) is 0 Å². The van der Waals surface area contributed by atoms with Crippen molar-refractivity contribution in [2.45, 2.75) is 13.3 Å². The molecule has 0 bridgehead atoms. The lowest BCUT2D eigenvalue weighted by atomic mass is 10.1. The lowest BCUT2D eigenvalue weighted by Gasteiger charge is -2.24. The van der Waals surface area contributed by atoms with Crippen LogP contribution < -0.4 is 10.1 Å². The third-order valence-electron chi connectivity index (χ3n) is 4.20. The number of carbonyl (C=O) groups is 2. The number of pyridine rings is 1. The zero-order valence-electron chi connectivity index (χ0n) is 16.9. The number of carboxylic acid groups (broad SMARTS) is 1. The molecule has 0 aliphatic rings. The molecule has 1 aromatic carbocycles. The molecule has 1 heterocycles. The molecule has 2 rings (SSSR count). The van der Waals surface area contributed by atoms with Gasteiger partial charge in [0, 0.05) is 41.8 Å². The first kappa shape index (κ1) is 23.7. The van der Waals surface area contributed by atoms with Gasteiger partial charge in [-0.05, 0) is 37.3 Å². The number of aromatic nitrogens is 1. The summed E-state index contributed by atoms with van der Waals surface area (Å²) in [6.07, 6.45) is 3.02. The fourth-order valence-corrected chi connectivity index (χ4v) is 2.81. The molecule has 0 saturated heterocycles. The highest BCUT2D eigenvalue weighted by molar-refractivity contribution is 6.31. The predicted octanol–water partition coefficient (Wildman–Crippen LogP) is 3.43. The van der Waals surface area contributed by atoms with Crippen molar-refractivity contribution in [1.29, 1.82) is 0 Å². The number of hydrogen-bond acceptors (Lipinski definition) is 6. The van der Waals surface area contributed by atoms with Gasteiger partial charge < -0.3 is 20.1 Å². The lowest BCUT2D eigenvalue weighted by Crippen LogP contribution is -2.32. The average molecular weight is 444 g/mol. The minimum absolute atomic E-state index is 0.0743. The van der Waals surface area contributed by atoms with Gasteiger partial charge in [0.2, 0.25) is 0 Å². The molecule has 0 aliphatic heterocycles. The van der Waals surface area contributed by atoms with Crippen molar-refractivity contribution in [3.8, 4) is 5.75 Å². The molecule has 2 N–H and O–H groups in total. The number of carbonyl (C=O) groups excluding carboxylic acids is 2. The maximum absolute atomic E-state index is 13.0. The Labute approximate surface area is 184 Å². The van der Waals surface area contributed by atoms with E-state index < -0.39 is 11.9 Å². The first-order valence-corrected chi connectivity index (χ1v) is 9.71.